The zero-order valence-corrected chi connectivity index (χ0v) is 10.7. The number of fused-ring (bicyclic) bond motifs is 1. The van der Waals surface area contributed by atoms with Crippen LogP contribution in [0.5, 0.6) is 0 Å². The minimum absolute atomic E-state index is 0.841. The molecule has 1 aromatic carbocycles. The Balaban J connectivity index is 1.73. The van der Waals surface area contributed by atoms with Gasteiger partial charge in [-0.2, -0.15) is 0 Å². The molecular formula is C15H22N2. The van der Waals surface area contributed by atoms with Crippen LogP contribution >= 0.6 is 0 Å². The fourth-order valence-electron chi connectivity index (χ4n) is 3.14. The van der Waals surface area contributed by atoms with Gasteiger partial charge < -0.3 is 10.2 Å². The number of rotatable bonds is 2. The average molecular weight is 230 g/mol. The van der Waals surface area contributed by atoms with Crippen LogP contribution in [-0.4, -0.2) is 26.7 Å². The van der Waals surface area contributed by atoms with E-state index < -0.39 is 0 Å². The zero-order valence-electron chi connectivity index (χ0n) is 10.7. The topological polar surface area (TPSA) is 15.3 Å². The van der Waals surface area contributed by atoms with Crippen LogP contribution in [0.1, 0.15) is 24.0 Å². The van der Waals surface area contributed by atoms with Crippen molar-refractivity contribution < 1.29 is 0 Å². The molecule has 2 aliphatic rings. The SMILES string of the molecule is CN1CCc2ccc(CC3CCCNC3)cc21. The first kappa shape index (κ1) is 11.1. The Bertz CT molecular complexity index is 394. The van der Waals surface area contributed by atoms with E-state index in [4.69, 9.17) is 0 Å². The van der Waals surface area contributed by atoms with Gasteiger partial charge in [0.25, 0.3) is 0 Å². The van der Waals surface area contributed by atoms with E-state index in [-0.39, 0.29) is 0 Å². The Labute approximate surface area is 104 Å². The van der Waals surface area contributed by atoms with Gasteiger partial charge in [-0.25, -0.2) is 0 Å². The molecule has 2 aliphatic heterocycles. The van der Waals surface area contributed by atoms with Crippen LogP contribution in [0, 0.1) is 5.92 Å². The van der Waals surface area contributed by atoms with E-state index >= 15 is 0 Å². The summed E-state index contributed by atoms with van der Waals surface area (Å²) in [5, 5.41) is 3.51. The molecule has 0 aromatic heterocycles. The number of nitrogens with zero attached hydrogens (tertiary/aromatic N) is 1. The number of anilines is 1. The molecule has 0 bridgehead atoms. The smallest absolute Gasteiger partial charge is 0.0399 e. The van der Waals surface area contributed by atoms with Gasteiger partial charge in [-0.05, 0) is 61.9 Å². The number of piperidine rings is 1. The van der Waals surface area contributed by atoms with E-state index in [1.54, 1.807) is 0 Å². The summed E-state index contributed by atoms with van der Waals surface area (Å²) in [6.45, 7) is 3.60. The molecule has 92 valence electrons. The first-order chi connectivity index (χ1) is 8.33. The first-order valence-electron chi connectivity index (χ1n) is 6.86. The van der Waals surface area contributed by atoms with Gasteiger partial charge in [0.2, 0.25) is 0 Å². The largest absolute Gasteiger partial charge is 0.374 e. The minimum atomic E-state index is 0.841. The second-order valence-electron chi connectivity index (χ2n) is 5.55. The molecule has 0 aliphatic carbocycles. The summed E-state index contributed by atoms with van der Waals surface area (Å²) in [4.78, 5) is 2.39. The lowest BCUT2D eigenvalue weighted by Gasteiger charge is -2.23. The van der Waals surface area contributed by atoms with Gasteiger partial charge in [-0.3, -0.25) is 0 Å². The Morgan fingerprint density at radius 1 is 1.41 bits per heavy atom. The van der Waals surface area contributed by atoms with Crippen molar-refractivity contribution in [3.05, 3.63) is 29.3 Å². The Morgan fingerprint density at radius 3 is 3.18 bits per heavy atom. The lowest BCUT2D eigenvalue weighted by molar-refractivity contribution is 0.376. The van der Waals surface area contributed by atoms with Gasteiger partial charge in [-0.1, -0.05) is 12.1 Å². The predicted octanol–water partition coefficient (Wildman–Crippen LogP) is 2.22. The third kappa shape index (κ3) is 2.32. The molecular weight excluding hydrogens is 208 g/mol. The lowest BCUT2D eigenvalue weighted by Crippen LogP contribution is -2.30. The van der Waals surface area contributed by atoms with Crippen LogP contribution < -0.4 is 10.2 Å². The fraction of sp³-hybridized carbons (Fsp3) is 0.600. The van der Waals surface area contributed by atoms with Gasteiger partial charge in [0.15, 0.2) is 0 Å². The third-order valence-electron chi connectivity index (χ3n) is 4.20. The number of hydrogen-bond donors (Lipinski definition) is 1. The maximum Gasteiger partial charge on any atom is 0.0399 e. The van der Waals surface area contributed by atoms with Crippen molar-refractivity contribution in [3.8, 4) is 0 Å². The molecule has 0 amide bonds. The summed E-state index contributed by atoms with van der Waals surface area (Å²) in [6, 6.07) is 7.09. The maximum absolute atomic E-state index is 3.51. The second-order valence-corrected chi connectivity index (χ2v) is 5.55. The first-order valence-corrected chi connectivity index (χ1v) is 6.86. The van der Waals surface area contributed by atoms with Gasteiger partial charge in [-0.15, -0.1) is 0 Å². The monoisotopic (exact) mass is 230 g/mol. The van der Waals surface area contributed by atoms with Crippen LogP contribution in [0.3, 0.4) is 0 Å². The highest BCUT2D eigenvalue weighted by Gasteiger charge is 2.18. The molecule has 2 heteroatoms. The van der Waals surface area contributed by atoms with Crippen molar-refractivity contribution in [2.45, 2.75) is 25.7 Å². The van der Waals surface area contributed by atoms with Crippen molar-refractivity contribution in [3.63, 3.8) is 0 Å². The number of nitrogens with one attached hydrogen (secondary N) is 1. The van der Waals surface area contributed by atoms with Gasteiger partial charge in [0.05, 0.1) is 0 Å². The average Bonchev–Trinajstić information content (AvgIpc) is 2.73. The van der Waals surface area contributed by atoms with Crippen LogP contribution in [-0.2, 0) is 12.8 Å². The van der Waals surface area contributed by atoms with Gasteiger partial charge in [0.1, 0.15) is 0 Å². The van der Waals surface area contributed by atoms with E-state index in [0.717, 1.165) is 5.92 Å². The lowest BCUT2D eigenvalue weighted by atomic mass is 9.92. The molecule has 17 heavy (non-hydrogen) atoms. The molecule has 2 heterocycles. The van der Waals surface area contributed by atoms with Crippen LogP contribution in [0.4, 0.5) is 5.69 Å². The fourth-order valence-corrected chi connectivity index (χ4v) is 3.14. The van der Waals surface area contributed by atoms with Gasteiger partial charge >= 0.3 is 0 Å². The van der Waals surface area contributed by atoms with E-state index in [0.29, 0.717) is 0 Å². The minimum Gasteiger partial charge on any atom is -0.374 e. The second kappa shape index (κ2) is 4.69. The van der Waals surface area contributed by atoms with E-state index in [1.807, 2.05) is 0 Å². The summed E-state index contributed by atoms with van der Waals surface area (Å²) in [7, 11) is 2.21. The molecule has 1 aromatic rings. The van der Waals surface area contributed by atoms with Crippen molar-refractivity contribution in [1.82, 2.24) is 5.32 Å². The Hall–Kier alpha value is -1.02. The highest BCUT2D eigenvalue weighted by atomic mass is 15.1. The summed E-state index contributed by atoms with van der Waals surface area (Å²) < 4.78 is 0. The normalized spacial score (nSPS) is 23.8. The molecule has 1 fully saturated rings. The standard InChI is InChI=1S/C15H22N2/c1-17-8-6-14-5-4-12(10-15(14)17)9-13-3-2-7-16-11-13/h4-5,10,13,16H,2-3,6-9,11H2,1H3. The van der Waals surface area contributed by atoms with E-state index in [9.17, 15) is 0 Å². The quantitative estimate of drug-likeness (QED) is 0.838. The molecule has 2 nitrogen and oxygen atoms in total. The molecule has 3 rings (SSSR count). The van der Waals surface area contributed by atoms with Crippen LogP contribution in [0.25, 0.3) is 0 Å². The number of benzene rings is 1. The van der Waals surface area contributed by atoms with Crippen molar-refractivity contribution in [1.29, 1.82) is 0 Å². The number of likely N-dealkylation sites (N-methyl/N-ethyl adjacent to an activating group) is 1. The maximum atomic E-state index is 3.51. The molecule has 0 radical (unpaired) electrons. The number of hydrogen-bond acceptors (Lipinski definition) is 2. The van der Waals surface area contributed by atoms with Crippen molar-refractivity contribution in [2.24, 2.45) is 5.92 Å². The van der Waals surface area contributed by atoms with E-state index in [1.165, 1.54) is 62.1 Å². The summed E-state index contributed by atoms with van der Waals surface area (Å²) in [5.74, 6) is 0.841. The van der Waals surface area contributed by atoms with Crippen LogP contribution in [0.15, 0.2) is 18.2 Å². The highest BCUT2D eigenvalue weighted by molar-refractivity contribution is 5.58. The summed E-state index contributed by atoms with van der Waals surface area (Å²) in [6.07, 6.45) is 5.20. The van der Waals surface area contributed by atoms with Gasteiger partial charge in [0, 0.05) is 19.3 Å². The molecule has 0 spiro atoms. The highest BCUT2D eigenvalue weighted by Crippen LogP contribution is 2.29. The molecule has 1 N–H and O–H groups in total. The predicted molar refractivity (Wildman–Crippen MR) is 72.7 cm³/mol. The van der Waals surface area contributed by atoms with Crippen molar-refractivity contribution >= 4 is 5.69 Å². The van der Waals surface area contributed by atoms with E-state index in [2.05, 4.69) is 35.5 Å². The zero-order chi connectivity index (χ0) is 11.7. The summed E-state index contributed by atoms with van der Waals surface area (Å²) in [5.41, 5.74) is 4.51. The molecule has 1 unspecified atom stereocenters. The third-order valence-corrected chi connectivity index (χ3v) is 4.20. The van der Waals surface area contributed by atoms with Crippen molar-refractivity contribution in [2.75, 3.05) is 31.6 Å². The molecule has 1 saturated heterocycles. The molecule has 0 saturated carbocycles. The Morgan fingerprint density at radius 2 is 2.35 bits per heavy atom. The molecule has 1 atom stereocenters. The Kier molecular flexibility index (Phi) is 3.06. The summed E-state index contributed by atoms with van der Waals surface area (Å²) >= 11 is 0. The van der Waals surface area contributed by atoms with Crippen LogP contribution in [0.2, 0.25) is 0 Å².